The number of carbonyl (C=O) groups excluding carboxylic acids is 1. The van der Waals surface area contributed by atoms with Crippen LogP contribution in [0.25, 0.3) is 0 Å². The molecule has 0 aromatic heterocycles. The number of rotatable bonds is 7. The van der Waals surface area contributed by atoms with Crippen molar-refractivity contribution in [1.82, 2.24) is 10.6 Å². The molecule has 10 heteroatoms. The molecule has 5 rings (SSSR count). The maximum Gasteiger partial charge on any atom is 0.411 e. The molecule has 0 radical (unpaired) electrons. The van der Waals surface area contributed by atoms with Gasteiger partial charge in [0.15, 0.2) is 0 Å². The molecule has 2 fully saturated rings. The molecule has 40 heavy (non-hydrogen) atoms. The van der Waals surface area contributed by atoms with Crippen LogP contribution < -0.4 is 21.3 Å². The number of carbonyl (C=O) groups is 2. The Morgan fingerprint density at radius 2 is 1.35 bits per heavy atom. The highest BCUT2D eigenvalue weighted by Crippen LogP contribution is 2.25. The number of carboxylic acid groups (broad SMARTS) is 1. The van der Waals surface area contributed by atoms with Crippen molar-refractivity contribution >= 4 is 46.8 Å². The SMILES string of the molecule is O=C(Nc1ccc(C2CCNC2)cc1)OCCc1ccc(Cl)c(Cl)c1.O=C(O)Nc1ccc(C2CCNC2)cc1. The Morgan fingerprint density at radius 3 is 1.82 bits per heavy atom. The van der Waals surface area contributed by atoms with Crippen LogP contribution in [0.5, 0.6) is 0 Å². The van der Waals surface area contributed by atoms with Crippen LogP contribution in [0.3, 0.4) is 0 Å². The van der Waals surface area contributed by atoms with Crippen molar-refractivity contribution in [3.8, 4) is 0 Å². The predicted octanol–water partition coefficient (Wildman–Crippen LogP) is 6.71. The summed E-state index contributed by atoms with van der Waals surface area (Å²) in [4.78, 5) is 22.3. The van der Waals surface area contributed by atoms with Crippen molar-refractivity contribution < 1.29 is 19.4 Å². The van der Waals surface area contributed by atoms with Crippen LogP contribution in [-0.4, -0.2) is 50.1 Å². The second-order valence-corrected chi connectivity index (χ2v) is 10.6. The van der Waals surface area contributed by atoms with Crippen molar-refractivity contribution in [3.63, 3.8) is 0 Å². The van der Waals surface area contributed by atoms with E-state index in [9.17, 15) is 9.59 Å². The fourth-order valence-electron chi connectivity index (χ4n) is 4.79. The first kappa shape index (κ1) is 29.7. The van der Waals surface area contributed by atoms with E-state index in [2.05, 4.69) is 33.4 Å². The lowest BCUT2D eigenvalue weighted by Crippen LogP contribution is -2.15. The third kappa shape index (κ3) is 9.13. The first-order chi connectivity index (χ1) is 19.4. The highest BCUT2D eigenvalue weighted by Gasteiger charge is 2.17. The molecule has 2 heterocycles. The summed E-state index contributed by atoms with van der Waals surface area (Å²) in [5.74, 6) is 1.14. The first-order valence-electron chi connectivity index (χ1n) is 13.4. The summed E-state index contributed by atoms with van der Waals surface area (Å²) in [7, 11) is 0. The number of nitrogens with one attached hydrogen (secondary N) is 4. The van der Waals surface area contributed by atoms with Crippen molar-refractivity contribution in [2.24, 2.45) is 0 Å². The third-order valence-corrected chi connectivity index (χ3v) is 7.73. The van der Waals surface area contributed by atoms with E-state index >= 15 is 0 Å². The molecule has 8 nitrogen and oxygen atoms in total. The highest BCUT2D eigenvalue weighted by molar-refractivity contribution is 6.42. The van der Waals surface area contributed by atoms with Crippen LogP contribution in [-0.2, 0) is 11.2 Å². The minimum absolute atomic E-state index is 0.273. The fourth-order valence-corrected chi connectivity index (χ4v) is 5.11. The smallest absolute Gasteiger partial charge is 0.411 e. The molecule has 2 amide bonds. The van der Waals surface area contributed by atoms with E-state index in [1.54, 1.807) is 12.1 Å². The molecule has 3 aromatic carbocycles. The molecule has 2 saturated heterocycles. The summed E-state index contributed by atoms with van der Waals surface area (Å²) < 4.78 is 5.21. The van der Waals surface area contributed by atoms with Gasteiger partial charge in [0.05, 0.1) is 16.7 Å². The Balaban J connectivity index is 0.000000210. The summed E-state index contributed by atoms with van der Waals surface area (Å²) in [5.41, 5.74) is 4.89. The molecule has 212 valence electrons. The molecule has 0 bridgehead atoms. The number of hydrogen-bond donors (Lipinski definition) is 5. The highest BCUT2D eigenvalue weighted by atomic mass is 35.5. The van der Waals surface area contributed by atoms with Gasteiger partial charge in [-0.25, -0.2) is 9.59 Å². The summed E-state index contributed by atoms with van der Waals surface area (Å²) in [6, 6.07) is 20.9. The molecule has 5 N–H and O–H groups in total. The Hall–Kier alpha value is -3.30. The minimum atomic E-state index is -1.02. The quantitative estimate of drug-likeness (QED) is 0.211. The third-order valence-electron chi connectivity index (χ3n) is 6.99. The molecule has 0 spiro atoms. The lowest BCUT2D eigenvalue weighted by atomic mass is 9.98. The molecule has 2 aliphatic rings. The van der Waals surface area contributed by atoms with E-state index in [4.69, 9.17) is 33.0 Å². The zero-order valence-electron chi connectivity index (χ0n) is 22.1. The lowest BCUT2D eigenvalue weighted by Gasteiger charge is -2.11. The maximum absolute atomic E-state index is 11.9. The standard InChI is InChI=1S/C19H20Cl2N2O2.C11H14N2O2/c20-17-6-1-13(11-18(17)21)8-10-25-19(24)23-16-4-2-14(3-5-16)15-7-9-22-12-15;14-11(15)13-10-3-1-8(2-4-10)9-5-6-12-7-9/h1-6,11,15,22H,7-10,12H2,(H,23,24);1-4,9,12-13H,5-7H2,(H,14,15). The largest absolute Gasteiger partial charge is 0.465 e. The van der Waals surface area contributed by atoms with E-state index in [-0.39, 0.29) is 6.61 Å². The number of hydrogen-bond acceptors (Lipinski definition) is 5. The number of amides is 2. The van der Waals surface area contributed by atoms with Gasteiger partial charge < -0.3 is 20.5 Å². The predicted molar refractivity (Wildman–Crippen MR) is 160 cm³/mol. The zero-order valence-corrected chi connectivity index (χ0v) is 23.6. The molecule has 3 aromatic rings. The van der Waals surface area contributed by atoms with Gasteiger partial charge in [0.1, 0.15) is 0 Å². The molecule has 0 saturated carbocycles. The second kappa shape index (κ2) is 14.9. The van der Waals surface area contributed by atoms with Gasteiger partial charge in [-0.15, -0.1) is 0 Å². The Bertz CT molecular complexity index is 1260. The van der Waals surface area contributed by atoms with E-state index in [1.165, 1.54) is 11.1 Å². The van der Waals surface area contributed by atoms with E-state index in [0.717, 1.165) is 50.3 Å². The normalized spacial score (nSPS) is 17.9. The van der Waals surface area contributed by atoms with E-state index in [0.29, 0.717) is 34.0 Å². The monoisotopic (exact) mass is 584 g/mol. The van der Waals surface area contributed by atoms with Crippen molar-refractivity contribution in [2.45, 2.75) is 31.1 Å². The van der Waals surface area contributed by atoms with Gasteiger partial charge in [0.2, 0.25) is 0 Å². The van der Waals surface area contributed by atoms with Gasteiger partial charge in [0.25, 0.3) is 0 Å². The lowest BCUT2D eigenvalue weighted by molar-refractivity contribution is 0.163. The maximum atomic E-state index is 11.9. The number of ether oxygens (including phenoxy) is 1. The van der Waals surface area contributed by atoms with Gasteiger partial charge in [0, 0.05) is 30.9 Å². The van der Waals surface area contributed by atoms with Crippen molar-refractivity contribution in [2.75, 3.05) is 43.4 Å². The van der Waals surface area contributed by atoms with Crippen LogP contribution in [0, 0.1) is 0 Å². The second-order valence-electron chi connectivity index (χ2n) is 9.81. The Kier molecular flexibility index (Phi) is 11.1. The van der Waals surface area contributed by atoms with E-state index < -0.39 is 12.2 Å². The fraction of sp³-hybridized carbons (Fsp3) is 0.333. The Morgan fingerprint density at radius 1 is 0.800 bits per heavy atom. The zero-order chi connectivity index (χ0) is 28.3. The summed E-state index contributed by atoms with van der Waals surface area (Å²) in [6.45, 7) is 4.44. The van der Waals surface area contributed by atoms with Crippen LogP contribution >= 0.6 is 23.2 Å². The van der Waals surface area contributed by atoms with Crippen LogP contribution in [0.15, 0.2) is 66.7 Å². The van der Waals surface area contributed by atoms with Crippen LogP contribution in [0.4, 0.5) is 21.0 Å². The van der Waals surface area contributed by atoms with Crippen molar-refractivity contribution in [3.05, 3.63) is 93.5 Å². The van der Waals surface area contributed by atoms with E-state index in [1.807, 2.05) is 42.5 Å². The van der Waals surface area contributed by atoms with Crippen molar-refractivity contribution in [1.29, 1.82) is 0 Å². The average molecular weight is 586 g/mol. The summed E-state index contributed by atoms with van der Waals surface area (Å²) in [5, 5.41) is 21.3. The van der Waals surface area contributed by atoms with Crippen LogP contribution in [0.2, 0.25) is 10.0 Å². The topological polar surface area (TPSA) is 112 Å². The van der Waals surface area contributed by atoms with Crippen LogP contribution in [0.1, 0.15) is 41.4 Å². The summed E-state index contributed by atoms with van der Waals surface area (Å²) in [6.07, 6.45) is 1.41. The average Bonchev–Trinajstić information content (AvgIpc) is 3.67. The van der Waals surface area contributed by atoms with Gasteiger partial charge >= 0.3 is 12.2 Å². The molecular formula is C30H34Cl2N4O4. The molecule has 2 aliphatic heterocycles. The summed E-state index contributed by atoms with van der Waals surface area (Å²) >= 11 is 11.8. The molecule has 2 unspecified atom stereocenters. The van der Waals surface area contributed by atoms with Gasteiger partial charge in [-0.2, -0.15) is 0 Å². The molecular weight excluding hydrogens is 551 g/mol. The molecule has 0 aliphatic carbocycles. The minimum Gasteiger partial charge on any atom is -0.465 e. The Labute approximate surface area is 244 Å². The number of benzene rings is 3. The van der Waals surface area contributed by atoms with Gasteiger partial charge in [-0.05, 0) is 90.9 Å². The van der Waals surface area contributed by atoms with Gasteiger partial charge in [-0.1, -0.05) is 53.5 Å². The number of halogens is 2. The van der Waals surface area contributed by atoms with Gasteiger partial charge in [-0.3, -0.25) is 10.6 Å². The number of anilines is 2. The molecule has 2 atom stereocenters. The first-order valence-corrected chi connectivity index (χ1v) is 14.1.